The highest BCUT2D eigenvalue weighted by Gasteiger charge is 2.35. The van der Waals surface area contributed by atoms with Crippen molar-refractivity contribution in [3.05, 3.63) is 28.5 Å². The van der Waals surface area contributed by atoms with E-state index >= 15 is 0 Å². The van der Waals surface area contributed by atoms with Crippen LogP contribution in [0.15, 0.2) is 18.2 Å². The summed E-state index contributed by atoms with van der Waals surface area (Å²) < 4.78 is 3.24. The van der Waals surface area contributed by atoms with Crippen molar-refractivity contribution in [2.45, 2.75) is 59.4 Å². The quantitative estimate of drug-likeness (QED) is 0.728. The molecular weight excluding hydrogens is 276 g/mol. The van der Waals surface area contributed by atoms with Crippen LogP contribution in [0.4, 0.5) is 0 Å². The Morgan fingerprint density at radius 3 is 2.67 bits per heavy atom. The number of rotatable bonds is 4. The molecule has 1 aliphatic rings. The fourth-order valence-corrected chi connectivity index (χ4v) is 4.50. The van der Waals surface area contributed by atoms with Crippen molar-refractivity contribution in [1.29, 1.82) is 0 Å². The first-order valence-corrected chi connectivity index (χ1v) is 8.60. The van der Waals surface area contributed by atoms with Crippen LogP contribution in [-0.2, 0) is 6.54 Å². The number of nitrogens with zero attached hydrogens (tertiary/aromatic N) is 1. The standard InChI is InChI=1S/C18H26N2S/c1-13(2)11-18(9-4-5-10-18)12-20-15-8-6-7-14(3)16(15)19-17(20)21/h6-8,13H,4-5,9-12H2,1-3H3,(H,19,21). The molecule has 0 saturated heterocycles. The van der Waals surface area contributed by atoms with Gasteiger partial charge >= 0.3 is 0 Å². The number of hydrogen-bond acceptors (Lipinski definition) is 1. The first kappa shape index (κ1) is 14.8. The van der Waals surface area contributed by atoms with Crippen molar-refractivity contribution in [2.24, 2.45) is 11.3 Å². The summed E-state index contributed by atoms with van der Waals surface area (Å²) >= 11 is 5.62. The van der Waals surface area contributed by atoms with Gasteiger partial charge in [0.15, 0.2) is 4.77 Å². The van der Waals surface area contributed by atoms with Gasteiger partial charge in [0.1, 0.15) is 0 Å². The molecule has 0 unspecified atom stereocenters. The Labute approximate surface area is 132 Å². The Kier molecular flexibility index (Phi) is 3.96. The van der Waals surface area contributed by atoms with Crippen LogP contribution in [0.1, 0.15) is 51.5 Å². The molecule has 0 radical (unpaired) electrons. The molecule has 3 heteroatoms. The maximum atomic E-state index is 5.62. The van der Waals surface area contributed by atoms with E-state index in [1.165, 1.54) is 48.7 Å². The predicted octanol–water partition coefficient (Wildman–Crippen LogP) is 5.61. The fourth-order valence-electron chi connectivity index (χ4n) is 4.23. The first-order valence-electron chi connectivity index (χ1n) is 8.19. The lowest BCUT2D eigenvalue weighted by molar-refractivity contribution is 0.198. The fraction of sp³-hybridized carbons (Fsp3) is 0.611. The molecule has 0 amide bonds. The van der Waals surface area contributed by atoms with Crippen molar-refractivity contribution in [3.63, 3.8) is 0 Å². The van der Waals surface area contributed by atoms with E-state index in [-0.39, 0.29) is 0 Å². The van der Waals surface area contributed by atoms with Crippen molar-refractivity contribution in [1.82, 2.24) is 9.55 Å². The minimum Gasteiger partial charge on any atom is -0.330 e. The van der Waals surface area contributed by atoms with Crippen molar-refractivity contribution in [2.75, 3.05) is 0 Å². The highest BCUT2D eigenvalue weighted by atomic mass is 32.1. The van der Waals surface area contributed by atoms with E-state index in [2.05, 4.69) is 48.5 Å². The van der Waals surface area contributed by atoms with Gasteiger partial charge in [-0.25, -0.2) is 0 Å². The highest BCUT2D eigenvalue weighted by molar-refractivity contribution is 7.71. The summed E-state index contributed by atoms with van der Waals surface area (Å²) in [4.78, 5) is 3.42. The normalized spacial score (nSPS) is 17.9. The summed E-state index contributed by atoms with van der Waals surface area (Å²) in [6, 6.07) is 6.49. The Bertz CT molecular complexity index is 687. The van der Waals surface area contributed by atoms with Crippen LogP contribution in [-0.4, -0.2) is 9.55 Å². The second-order valence-electron chi connectivity index (χ2n) is 7.29. The average Bonchev–Trinajstić information content (AvgIpc) is 2.97. The maximum absolute atomic E-state index is 5.62. The molecule has 1 aromatic heterocycles. The van der Waals surface area contributed by atoms with Crippen molar-refractivity contribution >= 4 is 23.3 Å². The van der Waals surface area contributed by atoms with Gasteiger partial charge in [-0.2, -0.15) is 0 Å². The van der Waals surface area contributed by atoms with Crippen LogP contribution in [0.3, 0.4) is 0 Å². The number of fused-ring (bicyclic) bond motifs is 1. The number of para-hydroxylation sites is 1. The van der Waals surface area contributed by atoms with E-state index in [1.54, 1.807) is 0 Å². The zero-order chi connectivity index (χ0) is 15.0. The second kappa shape index (κ2) is 5.60. The summed E-state index contributed by atoms with van der Waals surface area (Å²) in [7, 11) is 0. The number of imidazole rings is 1. The highest BCUT2D eigenvalue weighted by Crippen LogP contribution is 2.45. The molecule has 0 spiro atoms. The van der Waals surface area contributed by atoms with Gasteiger partial charge in [0.25, 0.3) is 0 Å². The Hall–Kier alpha value is -1.09. The van der Waals surface area contributed by atoms with Crippen LogP contribution >= 0.6 is 12.2 Å². The SMILES string of the molecule is Cc1cccc2c1[nH]c(=S)n2CC1(CC(C)C)CCCC1. The molecule has 1 aromatic carbocycles. The third-order valence-electron chi connectivity index (χ3n) is 5.02. The largest absolute Gasteiger partial charge is 0.330 e. The van der Waals surface area contributed by atoms with E-state index in [0.29, 0.717) is 5.41 Å². The molecule has 1 saturated carbocycles. The lowest BCUT2D eigenvalue weighted by Crippen LogP contribution is -2.25. The molecule has 2 aromatic rings. The molecule has 21 heavy (non-hydrogen) atoms. The van der Waals surface area contributed by atoms with E-state index in [4.69, 9.17) is 12.2 Å². The molecule has 1 heterocycles. The lowest BCUT2D eigenvalue weighted by Gasteiger charge is -2.31. The Balaban J connectivity index is 2.02. The van der Waals surface area contributed by atoms with Gasteiger partial charge in [0, 0.05) is 6.54 Å². The van der Waals surface area contributed by atoms with E-state index < -0.39 is 0 Å². The minimum atomic E-state index is 0.450. The Morgan fingerprint density at radius 1 is 1.29 bits per heavy atom. The van der Waals surface area contributed by atoms with Crippen LogP contribution in [0.5, 0.6) is 0 Å². The number of aromatic amines is 1. The molecule has 0 bridgehead atoms. The van der Waals surface area contributed by atoms with Crippen LogP contribution in [0.25, 0.3) is 11.0 Å². The summed E-state index contributed by atoms with van der Waals surface area (Å²) in [6.45, 7) is 7.92. The van der Waals surface area contributed by atoms with Crippen LogP contribution < -0.4 is 0 Å². The van der Waals surface area contributed by atoms with Crippen LogP contribution in [0.2, 0.25) is 0 Å². The average molecular weight is 302 g/mol. The molecular formula is C18H26N2S. The van der Waals surface area contributed by atoms with Crippen LogP contribution in [0, 0.1) is 23.0 Å². The number of H-pyrrole nitrogens is 1. The minimum absolute atomic E-state index is 0.450. The third kappa shape index (κ3) is 2.80. The van der Waals surface area contributed by atoms with Gasteiger partial charge < -0.3 is 9.55 Å². The lowest BCUT2D eigenvalue weighted by atomic mass is 9.78. The summed E-state index contributed by atoms with van der Waals surface area (Å²) in [6.07, 6.45) is 6.77. The maximum Gasteiger partial charge on any atom is 0.178 e. The topological polar surface area (TPSA) is 20.7 Å². The molecule has 1 aliphatic carbocycles. The first-order chi connectivity index (χ1) is 10.0. The van der Waals surface area contributed by atoms with Gasteiger partial charge in [-0.3, -0.25) is 0 Å². The smallest absolute Gasteiger partial charge is 0.178 e. The van der Waals surface area contributed by atoms with Gasteiger partial charge in [-0.15, -0.1) is 0 Å². The number of aryl methyl sites for hydroxylation is 1. The number of benzene rings is 1. The van der Waals surface area contributed by atoms with Gasteiger partial charge in [0.2, 0.25) is 0 Å². The molecule has 0 atom stereocenters. The molecule has 114 valence electrons. The molecule has 2 nitrogen and oxygen atoms in total. The zero-order valence-electron chi connectivity index (χ0n) is 13.4. The summed E-state index contributed by atoms with van der Waals surface area (Å²) in [5.41, 5.74) is 4.21. The number of nitrogens with one attached hydrogen (secondary N) is 1. The second-order valence-corrected chi connectivity index (χ2v) is 7.68. The van der Waals surface area contributed by atoms with E-state index in [1.807, 2.05) is 0 Å². The molecule has 1 fully saturated rings. The van der Waals surface area contributed by atoms with E-state index in [9.17, 15) is 0 Å². The monoisotopic (exact) mass is 302 g/mol. The predicted molar refractivity (Wildman–Crippen MR) is 92.2 cm³/mol. The molecule has 0 aliphatic heterocycles. The number of aromatic nitrogens is 2. The van der Waals surface area contributed by atoms with E-state index in [0.717, 1.165) is 17.2 Å². The van der Waals surface area contributed by atoms with Gasteiger partial charge in [0.05, 0.1) is 11.0 Å². The van der Waals surface area contributed by atoms with Gasteiger partial charge in [-0.1, -0.05) is 38.8 Å². The van der Waals surface area contributed by atoms with Crippen molar-refractivity contribution in [3.8, 4) is 0 Å². The third-order valence-corrected chi connectivity index (χ3v) is 5.34. The van der Waals surface area contributed by atoms with Crippen molar-refractivity contribution < 1.29 is 0 Å². The Morgan fingerprint density at radius 2 is 2.00 bits per heavy atom. The number of hydrogen-bond donors (Lipinski definition) is 1. The van der Waals surface area contributed by atoms with Gasteiger partial charge in [-0.05, 0) is 61.4 Å². The molecule has 1 N–H and O–H groups in total. The summed E-state index contributed by atoms with van der Waals surface area (Å²) in [5, 5.41) is 0. The zero-order valence-corrected chi connectivity index (χ0v) is 14.2. The molecule has 3 rings (SSSR count). The summed E-state index contributed by atoms with van der Waals surface area (Å²) in [5.74, 6) is 0.754.